The molecule has 2 aromatic carbocycles. The Labute approximate surface area is 157 Å². The topological polar surface area (TPSA) is 66.4 Å². The van der Waals surface area contributed by atoms with Gasteiger partial charge in [-0.25, -0.2) is 4.79 Å². The van der Waals surface area contributed by atoms with Gasteiger partial charge in [0.05, 0.1) is 17.7 Å². The minimum atomic E-state index is -1.13. The number of rotatable bonds is 5. The van der Waals surface area contributed by atoms with Gasteiger partial charge in [-0.1, -0.05) is 41.9 Å². The zero-order valence-electron chi connectivity index (χ0n) is 14.3. The van der Waals surface area contributed by atoms with Crippen molar-refractivity contribution in [3.05, 3.63) is 70.3 Å². The van der Waals surface area contributed by atoms with Crippen molar-refractivity contribution in [2.24, 2.45) is 0 Å². The number of amides is 1. The summed E-state index contributed by atoms with van der Waals surface area (Å²) in [5, 5.41) is 12.2. The molecule has 0 bridgehead atoms. The molecule has 1 amide bonds. The number of hydrogen-bond acceptors (Lipinski definition) is 2. The number of carbonyl (C=O) groups is 2. The van der Waals surface area contributed by atoms with Gasteiger partial charge < -0.3 is 10.4 Å². The van der Waals surface area contributed by atoms with E-state index in [0.29, 0.717) is 5.02 Å². The Morgan fingerprint density at radius 2 is 1.96 bits per heavy atom. The minimum absolute atomic E-state index is 0.0213. The molecule has 4 nitrogen and oxygen atoms in total. The van der Waals surface area contributed by atoms with Gasteiger partial charge in [0.25, 0.3) is 0 Å². The van der Waals surface area contributed by atoms with E-state index in [-0.39, 0.29) is 23.6 Å². The van der Waals surface area contributed by atoms with Crippen LogP contribution in [0.25, 0.3) is 5.57 Å². The highest BCUT2D eigenvalue weighted by atomic mass is 35.5. The van der Waals surface area contributed by atoms with Gasteiger partial charge >= 0.3 is 5.97 Å². The SMILES string of the molecule is O=C(Cc1cccc(C2=CCCCC2)c1)Nc1ccc(Cl)cc1C(=O)O. The van der Waals surface area contributed by atoms with Crippen molar-refractivity contribution in [3.63, 3.8) is 0 Å². The Balaban J connectivity index is 1.73. The fourth-order valence-corrected chi connectivity index (χ4v) is 3.34. The maximum atomic E-state index is 12.4. The van der Waals surface area contributed by atoms with Crippen molar-refractivity contribution in [2.45, 2.75) is 32.1 Å². The van der Waals surface area contributed by atoms with Crippen molar-refractivity contribution in [2.75, 3.05) is 5.32 Å². The predicted molar refractivity (Wildman–Crippen MR) is 104 cm³/mol. The van der Waals surface area contributed by atoms with Crippen LogP contribution in [0.15, 0.2) is 48.5 Å². The number of carboxylic acid groups (broad SMARTS) is 1. The van der Waals surface area contributed by atoms with E-state index < -0.39 is 5.97 Å². The predicted octanol–water partition coefficient (Wildman–Crippen LogP) is 5.18. The minimum Gasteiger partial charge on any atom is -0.478 e. The van der Waals surface area contributed by atoms with Crippen molar-refractivity contribution < 1.29 is 14.7 Å². The number of hydrogen-bond donors (Lipinski definition) is 2. The monoisotopic (exact) mass is 369 g/mol. The average molecular weight is 370 g/mol. The number of benzene rings is 2. The summed E-state index contributed by atoms with van der Waals surface area (Å²) in [4.78, 5) is 23.7. The fourth-order valence-electron chi connectivity index (χ4n) is 3.16. The largest absolute Gasteiger partial charge is 0.478 e. The Morgan fingerprint density at radius 3 is 2.69 bits per heavy atom. The Kier molecular flexibility index (Phi) is 5.74. The highest BCUT2D eigenvalue weighted by molar-refractivity contribution is 6.31. The summed E-state index contributed by atoms with van der Waals surface area (Å²) in [7, 11) is 0. The standard InChI is InChI=1S/C21H20ClNO3/c22-17-9-10-19(18(13-17)21(25)26)23-20(24)12-14-5-4-8-16(11-14)15-6-2-1-3-7-15/h4-6,8-11,13H,1-3,7,12H2,(H,23,24)(H,25,26). The van der Waals surface area contributed by atoms with Crippen molar-refractivity contribution >= 4 is 34.7 Å². The molecule has 3 rings (SSSR count). The first kappa shape index (κ1) is 18.2. The lowest BCUT2D eigenvalue weighted by Gasteiger charge is -2.14. The summed E-state index contributed by atoms with van der Waals surface area (Å²) in [5.74, 6) is -1.39. The van der Waals surface area contributed by atoms with Gasteiger partial charge in [0.1, 0.15) is 0 Å². The highest BCUT2D eigenvalue weighted by Gasteiger charge is 2.14. The first-order valence-corrected chi connectivity index (χ1v) is 9.02. The number of allylic oxidation sites excluding steroid dienone is 2. The van der Waals surface area contributed by atoms with Crippen LogP contribution in [0.4, 0.5) is 5.69 Å². The first-order chi connectivity index (χ1) is 12.5. The quantitative estimate of drug-likeness (QED) is 0.763. The van der Waals surface area contributed by atoms with Gasteiger partial charge in [-0.3, -0.25) is 4.79 Å². The second-order valence-corrected chi connectivity index (χ2v) is 6.83. The summed E-state index contributed by atoms with van der Waals surface area (Å²) in [5.41, 5.74) is 3.62. The summed E-state index contributed by atoms with van der Waals surface area (Å²) in [6, 6.07) is 12.4. The van der Waals surface area contributed by atoms with Crippen LogP contribution in [0, 0.1) is 0 Å². The lowest BCUT2D eigenvalue weighted by Crippen LogP contribution is -2.17. The van der Waals surface area contributed by atoms with Crippen LogP contribution in [0.1, 0.15) is 47.2 Å². The van der Waals surface area contributed by atoms with Gasteiger partial charge in [0, 0.05) is 5.02 Å². The number of nitrogens with one attached hydrogen (secondary N) is 1. The maximum absolute atomic E-state index is 12.4. The molecule has 5 heteroatoms. The third-order valence-electron chi connectivity index (χ3n) is 4.44. The Bertz CT molecular complexity index is 873. The molecule has 1 aliphatic rings. The third kappa shape index (κ3) is 4.52. The molecule has 0 radical (unpaired) electrons. The van der Waals surface area contributed by atoms with E-state index in [4.69, 9.17) is 11.6 Å². The molecule has 0 heterocycles. The second kappa shape index (κ2) is 8.19. The molecule has 0 unspecified atom stereocenters. The van der Waals surface area contributed by atoms with Crippen LogP contribution in [0.5, 0.6) is 0 Å². The number of aromatic carboxylic acids is 1. The highest BCUT2D eigenvalue weighted by Crippen LogP contribution is 2.27. The summed E-state index contributed by atoms with van der Waals surface area (Å²) in [6.07, 6.45) is 7.07. The van der Waals surface area contributed by atoms with Gasteiger partial charge in [-0.05, 0) is 60.6 Å². The molecule has 0 aliphatic heterocycles. The third-order valence-corrected chi connectivity index (χ3v) is 4.67. The molecular formula is C21H20ClNO3. The number of halogens is 1. The maximum Gasteiger partial charge on any atom is 0.337 e. The molecule has 0 saturated carbocycles. The van der Waals surface area contributed by atoms with Gasteiger partial charge in [0.15, 0.2) is 0 Å². The second-order valence-electron chi connectivity index (χ2n) is 6.40. The van der Waals surface area contributed by atoms with Crippen LogP contribution in [0.3, 0.4) is 0 Å². The molecule has 0 saturated heterocycles. The molecule has 26 heavy (non-hydrogen) atoms. The van der Waals surface area contributed by atoms with Crippen molar-refractivity contribution in [3.8, 4) is 0 Å². The van der Waals surface area contributed by atoms with Gasteiger partial charge in [-0.15, -0.1) is 0 Å². The first-order valence-electron chi connectivity index (χ1n) is 8.64. The Hall–Kier alpha value is -2.59. The summed E-state index contributed by atoms with van der Waals surface area (Å²) < 4.78 is 0. The molecule has 0 atom stereocenters. The molecule has 0 fully saturated rings. The van der Waals surface area contributed by atoms with Gasteiger partial charge in [-0.2, -0.15) is 0 Å². The van der Waals surface area contributed by atoms with E-state index >= 15 is 0 Å². The molecule has 134 valence electrons. The van der Waals surface area contributed by atoms with E-state index in [9.17, 15) is 14.7 Å². The van der Waals surface area contributed by atoms with Crippen LogP contribution < -0.4 is 5.32 Å². The molecule has 0 spiro atoms. The van der Waals surface area contributed by atoms with Crippen molar-refractivity contribution in [1.29, 1.82) is 0 Å². The van der Waals surface area contributed by atoms with E-state index in [1.807, 2.05) is 18.2 Å². The van der Waals surface area contributed by atoms with Crippen molar-refractivity contribution in [1.82, 2.24) is 0 Å². The van der Waals surface area contributed by atoms with Crippen LogP contribution in [-0.4, -0.2) is 17.0 Å². The van der Waals surface area contributed by atoms with E-state index in [1.54, 1.807) is 6.07 Å². The number of carboxylic acids is 1. The lowest BCUT2D eigenvalue weighted by molar-refractivity contribution is -0.115. The molecule has 0 aromatic heterocycles. The lowest BCUT2D eigenvalue weighted by atomic mass is 9.92. The van der Waals surface area contributed by atoms with E-state index in [2.05, 4.69) is 17.5 Å². The fraction of sp³-hybridized carbons (Fsp3) is 0.238. The molecular weight excluding hydrogens is 350 g/mol. The van der Waals surface area contributed by atoms with E-state index in [0.717, 1.165) is 24.0 Å². The summed E-state index contributed by atoms with van der Waals surface area (Å²) >= 11 is 5.84. The van der Waals surface area contributed by atoms with Crippen LogP contribution in [0.2, 0.25) is 5.02 Å². The number of anilines is 1. The van der Waals surface area contributed by atoms with Crippen LogP contribution in [-0.2, 0) is 11.2 Å². The smallest absolute Gasteiger partial charge is 0.337 e. The van der Waals surface area contributed by atoms with Gasteiger partial charge in [0.2, 0.25) is 5.91 Å². The van der Waals surface area contributed by atoms with E-state index in [1.165, 1.54) is 30.5 Å². The zero-order chi connectivity index (χ0) is 18.5. The molecule has 2 aromatic rings. The average Bonchev–Trinajstić information content (AvgIpc) is 2.64. The zero-order valence-corrected chi connectivity index (χ0v) is 15.1. The molecule has 1 aliphatic carbocycles. The normalized spacial score (nSPS) is 13.8. The summed E-state index contributed by atoms with van der Waals surface area (Å²) in [6.45, 7) is 0. The number of carbonyl (C=O) groups excluding carboxylic acids is 1. The molecule has 2 N–H and O–H groups in total. The Morgan fingerprint density at radius 1 is 1.12 bits per heavy atom. The van der Waals surface area contributed by atoms with Crippen LogP contribution >= 0.6 is 11.6 Å².